The number of carbonyl (C=O) groups is 1. The van der Waals surface area contributed by atoms with E-state index in [1.807, 2.05) is 5.38 Å². The molecule has 0 aliphatic carbocycles. The number of amides is 1. The molecule has 0 bridgehead atoms. The van der Waals surface area contributed by atoms with E-state index in [9.17, 15) is 13.6 Å². The molecule has 2 heterocycles. The van der Waals surface area contributed by atoms with E-state index in [1.165, 1.54) is 35.6 Å². The molecule has 0 fully saturated rings. The molecular weight excluding hydrogens is 442 g/mol. The van der Waals surface area contributed by atoms with Crippen LogP contribution in [0.1, 0.15) is 21.8 Å². The minimum Gasteiger partial charge on any atom is -0.311 e. The second-order valence-corrected chi connectivity index (χ2v) is 8.23. The Morgan fingerprint density at radius 2 is 1.87 bits per heavy atom. The first-order valence-corrected chi connectivity index (χ1v) is 10.7. The van der Waals surface area contributed by atoms with Crippen molar-refractivity contribution in [1.82, 2.24) is 14.8 Å². The van der Waals surface area contributed by atoms with E-state index in [2.05, 4.69) is 15.4 Å². The van der Waals surface area contributed by atoms with Crippen molar-refractivity contribution < 1.29 is 13.6 Å². The molecule has 0 unspecified atom stereocenters. The molecule has 0 radical (unpaired) electrons. The van der Waals surface area contributed by atoms with Crippen LogP contribution in [0.3, 0.4) is 0 Å². The van der Waals surface area contributed by atoms with E-state index in [-0.39, 0.29) is 29.7 Å². The Balaban J connectivity index is 1.36. The zero-order chi connectivity index (χ0) is 21.8. The maximum Gasteiger partial charge on any atom is 0.231 e. The molecule has 0 saturated carbocycles. The number of halogens is 3. The number of aromatic nitrogens is 3. The summed E-state index contributed by atoms with van der Waals surface area (Å²) in [5.74, 6) is -0.512. The number of thiazole rings is 1. The van der Waals surface area contributed by atoms with E-state index in [1.54, 1.807) is 35.1 Å². The van der Waals surface area contributed by atoms with Gasteiger partial charge in [-0.15, -0.1) is 11.3 Å². The van der Waals surface area contributed by atoms with Crippen molar-refractivity contribution in [3.8, 4) is 0 Å². The van der Waals surface area contributed by atoms with Crippen LogP contribution in [0, 0.1) is 11.6 Å². The van der Waals surface area contributed by atoms with Gasteiger partial charge in [-0.3, -0.25) is 4.79 Å². The van der Waals surface area contributed by atoms with Gasteiger partial charge in [0.15, 0.2) is 0 Å². The molecule has 158 valence electrons. The number of carbonyl (C=O) groups excluding carboxylic acids is 1. The van der Waals surface area contributed by atoms with E-state index < -0.39 is 5.82 Å². The van der Waals surface area contributed by atoms with Gasteiger partial charge in [0.2, 0.25) is 5.91 Å². The average Bonchev–Trinajstić information content (AvgIpc) is 3.36. The maximum atomic E-state index is 13.7. The number of nitrogens with one attached hydrogen (secondary N) is 1. The van der Waals surface area contributed by atoms with Crippen LogP contribution in [0.25, 0.3) is 0 Å². The molecule has 9 heteroatoms. The highest BCUT2D eigenvalue weighted by Crippen LogP contribution is 2.19. The Kier molecular flexibility index (Phi) is 6.39. The number of benzene rings is 2. The van der Waals surface area contributed by atoms with Gasteiger partial charge in [0.1, 0.15) is 17.5 Å². The molecule has 0 saturated heterocycles. The van der Waals surface area contributed by atoms with Crippen molar-refractivity contribution in [2.45, 2.75) is 19.4 Å². The normalized spacial score (nSPS) is 10.9. The molecule has 0 aliphatic rings. The average molecular weight is 459 g/mol. The number of nitrogens with zero attached hydrogens (tertiary/aromatic N) is 3. The fourth-order valence-electron chi connectivity index (χ4n) is 3.02. The minimum absolute atomic E-state index is 0.0554. The van der Waals surface area contributed by atoms with Crippen molar-refractivity contribution in [1.29, 1.82) is 0 Å². The first-order valence-electron chi connectivity index (χ1n) is 9.39. The second kappa shape index (κ2) is 9.36. The quantitative estimate of drug-likeness (QED) is 0.419. The highest BCUT2D eigenvalue weighted by Gasteiger charge is 2.12. The summed E-state index contributed by atoms with van der Waals surface area (Å²) in [6, 6.07) is 12.5. The molecule has 1 amide bonds. The summed E-state index contributed by atoms with van der Waals surface area (Å²) in [5.41, 5.74) is 2.28. The Bertz CT molecular complexity index is 1210. The third-order valence-corrected chi connectivity index (χ3v) is 5.71. The summed E-state index contributed by atoms with van der Waals surface area (Å²) in [5, 5.41) is 9.75. The number of rotatable bonds is 7. The highest BCUT2D eigenvalue weighted by atomic mass is 35.5. The van der Waals surface area contributed by atoms with Crippen LogP contribution in [0.4, 0.5) is 14.6 Å². The largest absolute Gasteiger partial charge is 0.311 e. The van der Waals surface area contributed by atoms with Crippen LogP contribution in [0.15, 0.2) is 60.1 Å². The first-order chi connectivity index (χ1) is 15.0. The van der Waals surface area contributed by atoms with Gasteiger partial charge in [-0.05, 0) is 35.4 Å². The Morgan fingerprint density at radius 3 is 2.65 bits per heavy atom. The summed E-state index contributed by atoms with van der Waals surface area (Å²) < 4.78 is 28.3. The van der Waals surface area contributed by atoms with Gasteiger partial charge in [0.05, 0.1) is 34.9 Å². The monoisotopic (exact) mass is 458 g/mol. The minimum atomic E-state index is -0.503. The molecular formula is C22H17ClF2N4OS. The van der Waals surface area contributed by atoms with Gasteiger partial charge in [0, 0.05) is 17.9 Å². The molecule has 2 aromatic carbocycles. The molecule has 0 spiro atoms. The summed E-state index contributed by atoms with van der Waals surface area (Å²) in [6.07, 6.45) is 2.25. The molecule has 31 heavy (non-hydrogen) atoms. The smallest absolute Gasteiger partial charge is 0.231 e. The maximum absolute atomic E-state index is 13.7. The number of hydrogen-bond donors (Lipinski definition) is 1. The SMILES string of the molecule is O=C(Cc1csc(Cc2ccc(F)cc2)n1)Nc1ccnn1Cc1ccc(Cl)c(F)c1. The van der Waals surface area contributed by atoms with Crippen LogP contribution < -0.4 is 5.32 Å². The molecule has 4 rings (SSSR count). The van der Waals surface area contributed by atoms with Gasteiger partial charge in [-0.25, -0.2) is 18.4 Å². The van der Waals surface area contributed by atoms with E-state index in [0.717, 1.165) is 10.6 Å². The van der Waals surface area contributed by atoms with Gasteiger partial charge in [0.25, 0.3) is 0 Å². The molecule has 1 N–H and O–H groups in total. The third-order valence-electron chi connectivity index (χ3n) is 4.51. The predicted molar refractivity (Wildman–Crippen MR) is 116 cm³/mol. The van der Waals surface area contributed by atoms with Gasteiger partial charge >= 0.3 is 0 Å². The Morgan fingerprint density at radius 1 is 1.10 bits per heavy atom. The zero-order valence-electron chi connectivity index (χ0n) is 16.2. The molecule has 0 aliphatic heterocycles. The lowest BCUT2D eigenvalue weighted by Crippen LogP contribution is -2.18. The van der Waals surface area contributed by atoms with Crippen LogP contribution in [0.5, 0.6) is 0 Å². The van der Waals surface area contributed by atoms with E-state index >= 15 is 0 Å². The third kappa shape index (κ3) is 5.53. The lowest BCUT2D eigenvalue weighted by Gasteiger charge is -2.09. The van der Waals surface area contributed by atoms with Crippen LogP contribution >= 0.6 is 22.9 Å². The topological polar surface area (TPSA) is 59.8 Å². The van der Waals surface area contributed by atoms with Gasteiger partial charge in [-0.2, -0.15) is 5.10 Å². The summed E-state index contributed by atoms with van der Waals surface area (Å²) in [6.45, 7) is 0.287. The van der Waals surface area contributed by atoms with Gasteiger partial charge < -0.3 is 5.32 Å². The van der Waals surface area contributed by atoms with Gasteiger partial charge in [-0.1, -0.05) is 29.8 Å². The summed E-state index contributed by atoms with van der Waals surface area (Å²) >= 11 is 7.18. The van der Waals surface area contributed by atoms with Crippen molar-refractivity contribution in [2.24, 2.45) is 0 Å². The summed E-state index contributed by atoms with van der Waals surface area (Å²) in [7, 11) is 0. The van der Waals surface area contributed by atoms with Crippen molar-refractivity contribution in [2.75, 3.05) is 5.32 Å². The standard InChI is InChI=1S/C22H17ClF2N4OS/c23-18-6-3-15(9-19(18)25)12-29-20(7-8-26-29)28-21(30)11-17-13-31-22(27-17)10-14-1-4-16(24)5-2-14/h1-9,13H,10-12H2,(H,28,30). The predicted octanol–water partition coefficient (Wildman–Crippen LogP) is 5.09. The zero-order valence-corrected chi connectivity index (χ0v) is 17.8. The lowest BCUT2D eigenvalue weighted by atomic mass is 10.1. The molecule has 2 aromatic heterocycles. The van der Waals surface area contributed by atoms with Crippen molar-refractivity contribution in [3.63, 3.8) is 0 Å². The van der Waals surface area contributed by atoms with Crippen LogP contribution in [-0.2, 0) is 24.2 Å². The fourth-order valence-corrected chi connectivity index (χ4v) is 3.96. The lowest BCUT2D eigenvalue weighted by molar-refractivity contribution is -0.115. The van der Waals surface area contributed by atoms with E-state index in [4.69, 9.17) is 11.6 Å². The number of anilines is 1. The molecule has 5 nitrogen and oxygen atoms in total. The van der Waals surface area contributed by atoms with Crippen molar-refractivity contribution >= 4 is 34.7 Å². The number of hydrogen-bond acceptors (Lipinski definition) is 4. The van der Waals surface area contributed by atoms with Crippen LogP contribution in [-0.4, -0.2) is 20.7 Å². The van der Waals surface area contributed by atoms with Crippen molar-refractivity contribution in [3.05, 3.63) is 98.6 Å². The first kappa shape index (κ1) is 21.1. The fraction of sp³-hybridized carbons (Fsp3) is 0.136. The second-order valence-electron chi connectivity index (χ2n) is 6.88. The molecule has 0 atom stereocenters. The van der Waals surface area contributed by atoms with E-state index in [0.29, 0.717) is 23.5 Å². The highest BCUT2D eigenvalue weighted by molar-refractivity contribution is 7.09. The Labute approximate surface area is 186 Å². The summed E-state index contributed by atoms with van der Waals surface area (Å²) in [4.78, 5) is 17.0. The molecule has 4 aromatic rings. The van der Waals surface area contributed by atoms with Crippen LogP contribution in [0.2, 0.25) is 5.02 Å². The Hall–Kier alpha value is -3.10.